The van der Waals surface area contributed by atoms with E-state index in [1.165, 1.54) is 0 Å². The Morgan fingerprint density at radius 1 is 1.07 bits per heavy atom. The van der Waals surface area contributed by atoms with Gasteiger partial charge in [0.15, 0.2) is 17.3 Å². The van der Waals surface area contributed by atoms with Gasteiger partial charge < -0.3 is 24.8 Å². The van der Waals surface area contributed by atoms with Crippen LogP contribution in [0.1, 0.15) is 22.0 Å². The zero-order valence-corrected chi connectivity index (χ0v) is 15.6. The van der Waals surface area contributed by atoms with Gasteiger partial charge in [-0.2, -0.15) is 5.10 Å². The van der Waals surface area contributed by atoms with Gasteiger partial charge in [0.1, 0.15) is 0 Å². The number of H-pyrrole nitrogens is 1. The van der Waals surface area contributed by atoms with Gasteiger partial charge >= 0.3 is 0 Å². The summed E-state index contributed by atoms with van der Waals surface area (Å²) in [7, 11) is 0. The molecule has 5 rings (SSSR count). The lowest BCUT2D eigenvalue weighted by Crippen LogP contribution is -2.33. The molecule has 8 nitrogen and oxygen atoms in total. The number of rotatable bonds is 4. The highest BCUT2D eigenvalue weighted by Gasteiger charge is 2.17. The number of nitrogens with zero attached hydrogens (tertiary/aromatic N) is 1. The van der Waals surface area contributed by atoms with Gasteiger partial charge in [-0.3, -0.25) is 9.89 Å². The smallest absolute Gasteiger partial charge is 0.256 e. The van der Waals surface area contributed by atoms with E-state index in [-0.39, 0.29) is 18.8 Å². The molecule has 0 saturated carbocycles. The van der Waals surface area contributed by atoms with Crippen LogP contribution in [-0.2, 0) is 4.74 Å². The molecule has 0 bridgehead atoms. The standard InChI is InChI=1S/C21H20N4O4/c26-21(14-3-1-13(2-4-14)19-11-22-7-8-27-19)23-20-10-16(24-25-20)15-5-6-17-18(9-15)29-12-28-17/h1-6,9-10,19,22H,7-8,11-12H2,(H2,23,24,25,26). The average molecular weight is 392 g/mol. The van der Waals surface area contributed by atoms with Crippen molar-refractivity contribution in [2.75, 3.05) is 31.8 Å². The van der Waals surface area contributed by atoms with Crippen LogP contribution in [0.25, 0.3) is 11.3 Å². The topological polar surface area (TPSA) is 97.5 Å². The lowest BCUT2D eigenvalue weighted by atomic mass is 10.1. The Balaban J connectivity index is 1.26. The van der Waals surface area contributed by atoms with Gasteiger partial charge in [-0.25, -0.2) is 0 Å². The third-order valence-corrected chi connectivity index (χ3v) is 4.98. The first-order valence-electron chi connectivity index (χ1n) is 9.45. The number of benzene rings is 2. The van der Waals surface area contributed by atoms with E-state index in [2.05, 4.69) is 20.8 Å². The molecule has 0 spiro atoms. The fraction of sp³-hybridized carbons (Fsp3) is 0.238. The van der Waals surface area contributed by atoms with E-state index in [9.17, 15) is 4.79 Å². The van der Waals surface area contributed by atoms with Crippen LogP contribution in [0.5, 0.6) is 11.5 Å². The summed E-state index contributed by atoms with van der Waals surface area (Å²) < 4.78 is 16.5. The Bertz CT molecular complexity index is 1030. The van der Waals surface area contributed by atoms with Crippen molar-refractivity contribution in [3.8, 4) is 22.8 Å². The molecule has 3 N–H and O–H groups in total. The first-order chi connectivity index (χ1) is 14.3. The molecule has 8 heteroatoms. The molecule has 1 fully saturated rings. The normalized spacial score (nSPS) is 17.9. The Hall–Kier alpha value is -3.36. The van der Waals surface area contributed by atoms with Crippen LogP contribution in [0.2, 0.25) is 0 Å². The Morgan fingerprint density at radius 3 is 2.76 bits per heavy atom. The Labute approximate surface area is 167 Å². The number of carbonyl (C=O) groups is 1. The first-order valence-corrected chi connectivity index (χ1v) is 9.45. The van der Waals surface area contributed by atoms with Crippen LogP contribution in [0, 0.1) is 0 Å². The molecule has 2 aromatic carbocycles. The zero-order chi connectivity index (χ0) is 19.6. The number of fused-ring (bicyclic) bond motifs is 1. The third kappa shape index (κ3) is 3.67. The molecule has 1 aromatic heterocycles. The highest BCUT2D eigenvalue weighted by molar-refractivity contribution is 6.04. The fourth-order valence-electron chi connectivity index (χ4n) is 3.41. The van der Waals surface area contributed by atoms with E-state index >= 15 is 0 Å². The van der Waals surface area contributed by atoms with Crippen molar-refractivity contribution in [1.29, 1.82) is 0 Å². The molecule has 1 saturated heterocycles. The van der Waals surface area contributed by atoms with Crippen molar-refractivity contribution in [2.45, 2.75) is 6.10 Å². The number of ether oxygens (including phenoxy) is 3. The highest BCUT2D eigenvalue weighted by atomic mass is 16.7. The highest BCUT2D eigenvalue weighted by Crippen LogP contribution is 2.35. The maximum absolute atomic E-state index is 12.6. The summed E-state index contributed by atoms with van der Waals surface area (Å²) in [5.41, 5.74) is 3.28. The summed E-state index contributed by atoms with van der Waals surface area (Å²) in [6, 6.07) is 14.9. The van der Waals surface area contributed by atoms with Crippen molar-refractivity contribution >= 4 is 11.7 Å². The summed E-state index contributed by atoms with van der Waals surface area (Å²) in [5, 5.41) is 13.2. The molecule has 2 aliphatic rings. The van der Waals surface area contributed by atoms with Gasteiger partial charge in [0.2, 0.25) is 6.79 Å². The Kier molecular flexibility index (Phi) is 4.63. The minimum absolute atomic E-state index is 0.0245. The number of aromatic amines is 1. The molecule has 148 valence electrons. The van der Waals surface area contributed by atoms with Crippen LogP contribution in [0.3, 0.4) is 0 Å². The largest absolute Gasteiger partial charge is 0.454 e. The minimum atomic E-state index is -0.219. The lowest BCUT2D eigenvalue weighted by molar-refractivity contribution is 0.0277. The van der Waals surface area contributed by atoms with Gasteiger partial charge in [0.25, 0.3) is 5.91 Å². The van der Waals surface area contributed by atoms with Crippen molar-refractivity contribution in [3.05, 3.63) is 59.7 Å². The number of amides is 1. The van der Waals surface area contributed by atoms with E-state index in [0.29, 0.717) is 23.7 Å². The van der Waals surface area contributed by atoms with Crippen LogP contribution in [0.15, 0.2) is 48.5 Å². The molecule has 2 aliphatic heterocycles. The minimum Gasteiger partial charge on any atom is -0.454 e. The van der Waals surface area contributed by atoms with Gasteiger partial charge in [-0.05, 0) is 35.9 Å². The SMILES string of the molecule is O=C(Nc1cc(-c2ccc3c(c2)OCO3)[nH]n1)c1ccc(C2CNCCO2)cc1. The predicted molar refractivity (Wildman–Crippen MR) is 106 cm³/mol. The van der Waals surface area contributed by atoms with Gasteiger partial charge in [-0.1, -0.05) is 12.1 Å². The molecule has 1 atom stereocenters. The van der Waals surface area contributed by atoms with Crippen molar-refractivity contribution in [2.24, 2.45) is 0 Å². The van der Waals surface area contributed by atoms with E-state index in [0.717, 1.165) is 35.7 Å². The number of hydrogen-bond acceptors (Lipinski definition) is 6. The summed E-state index contributed by atoms with van der Waals surface area (Å²) in [6.07, 6.45) is 0.0245. The second-order valence-corrected chi connectivity index (χ2v) is 6.87. The molecule has 3 heterocycles. The van der Waals surface area contributed by atoms with Gasteiger partial charge in [0.05, 0.1) is 18.4 Å². The maximum Gasteiger partial charge on any atom is 0.256 e. The van der Waals surface area contributed by atoms with Gasteiger partial charge in [0, 0.05) is 30.3 Å². The molecule has 0 aliphatic carbocycles. The second-order valence-electron chi connectivity index (χ2n) is 6.87. The number of anilines is 1. The quantitative estimate of drug-likeness (QED) is 0.632. The fourth-order valence-corrected chi connectivity index (χ4v) is 3.41. The maximum atomic E-state index is 12.6. The summed E-state index contributed by atoms with van der Waals surface area (Å²) in [4.78, 5) is 12.6. The molecule has 0 radical (unpaired) electrons. The first kappa shape index (κ1) is 17.7. The number of carbonyl (C=O) groups excluding carboxylic acids is 1. The molecule has 1 unspecified atom stereocenters. The van der Waals surface area contributed by atoms with Crippen LogP contribution in [-0.4, -0.2) is 42.6 Å². The number of aromatic nitrogens is 2. The van der Waals surface area contributed by atoms with Crippen molar-refractivity contribution in [1.82, 2.24) is 15.5 Å². The van der Waals surface area contributed by atoms with Crippen molar-refractivity contribution < 1.29 is 19.0 Å². The summed E-state index contributed by atoms with van der Waals surface area (Å²) in [6.45, 7) is 2.57. The molecule has 1 amide bonds. The van der Waals surface area contributed by atoms with E-state index in [1.807, 2.05) is 30.3 Å². The molecular weight excluding hydrogens is 372 g/mol. The van der Waals surface area contributed by atoms with Crippen molar-refractivity contribution in [3.63, 3.8) is 0 Å². The molecule has 29 heavy (non-hydrogen) atoms. The molecule has 3 aromatic rings. The van der Waals surface area contributed by atoms with Crippen LogP contribution < -0.4 is 20.1 Å². The third-order valence-electron chi connectivity index (χ3n) is 4.98. The monoisotopic (exact) mass is 392 g/mol. The predicted octanol–water partition coefficient (Wildman–Crippen LogP) is 2.72. The van der Waals surface area contributed by atoms with Crippen LogP contribution in [0.4, 0.5) is 5.82 Å². The second kappa shape index (κ2) is 7.57. The zero-order valence-electron chi connectivity index (χ0n) is 15.6. The summed E-state index contributed by atoms with van der Waals surface area (Å²) in [5.74, 6) is 1.65. The Morgan fingerprint density at radius 2 is 1.93 bits per heavy atom. The average Bonchev–Trinajstić information content (AvgIpc) is 3.43. The van der Waals surface area contributed by atoms with Crippen LogP contribution >= 0.6 is 0 Å². The van der Waals surface area contributed by atoms with E-state index in [1.54, 1.807) is 18.2 Å². The number of morpholine rings is 1. The number of nitrogens with one attached hydrogen (secondary N) is 3. The van der Waals surface area contributed by atoms with Gasteiger partial charge in [-0.15, -0.1) is 0 Å². The van der Waals surface area contributed by atoms with E-state index in [4.69, 9.17) is 14.2 Å². The summed E-state index contributed by atoms with van der Waals surface area (Å²) >= 11 is 0. The number of hydrogen-bond donors (Lipinski definition) is 3. The van der Waals surface area contributed by atoms with E-state index < -0.39 is 0 Å². The lowest BCUT2D eigenvalue weighted by Gasteiger charge is -2.24. The molecular formula is C21H20N4O4.